The largest absolute Gasteiger partial charge is 0.370 e. The summed E-state index contributed by atoms with van der Waals surface area (Å²) in [5.41, 5.74) is 1.08. The van der Waals surface area contributed by atoms with Crippen LogP contribution in [0.5, 0.6) is 0 Å². The molecule has 182 valence electrons. The highest BCUT2D eigenvalue weighted by Gasteiger charge is 2.64. The molecule has 0 spiro atoms. The van der Waals surface area contributed by atoms with E-state index >= 15 is 0 Å². The Morgan fingerprint density at radius 3 is 2.63 bits per heavy atom. The van der Waals surface area contributed by atoms with Gasteiger partial charge in [-0.1, -0.05) is 24.6 Å². The minimum atomic E-state index is -3.78. The standard InChI is InChI=1S/C25H28N5O4S/c31-17-30(12-14-34-15-13-30)25(23-22-19-9-11-26-24(19)27-16-20(22)28-29-23)10-5-4-8-21(25)35(32,33)18-6-2-1-3-7-18/h1-3,6-7,9,11,16-17,21,28-29H,4-5,8,10,12-15H2/q+1/t21-,25-/m0/s1. The zero-order valence-corrected chi connectivity index (χ0v) is 20.1. The van der Waals surface area contributed by atoms with E-state index < -0.39 is 20.6 Å². The Labute approximate surface area is 203 Å². The number of ether oxygens (including phenoxy) is 1. The van der Waals surface area contributed by atoms with Crippen LogP contribution in [0, 0.1) is 0 Å². The van der Waals surface area contributed by atoms with Crippen molar-refractivity contribution in [1.29, 1.82) is 0 Å². The van der Waals surface area contributed by atoms with Crippen molar-refractivity contribution in [2.45, 2.75) is 41.4 Å². The molecule has 1 saturated carbocycles. The van der Waals surface area contributed by atoms with Gasteiger partial charge in [0.15, 0.2) is 21.0 Å². The molecule has 1 aromatic carbocycles. The van der Waals surface area contributed by atoms with Gasteiger partial charge >= 0.3 is 6.41 Å². The minimum absolute atomic E-state index is 0.00510. The maximum Gasteiger partial charge on any atom is 0.302 e. The molecule has 1 amide bonds. The third kappa shape index (κ3) is 3.13. The number of amides is 1. The fourth-order valence-electron chi connectivity index (χ4n) is 6.44. The van der Waals surface area contributed by atoms with E-state index in [4.69, 9.17) is 4.74 Å². The summed E-state index contributed by atoms with van der Waals surface area (Å²) in [6.07, 6.45) is 7.03. The Bertz CT molecular complexity index is 1490. The molecule has 1 saturated heterocycles. The predicted octanol–water partition coefficient (Wildman–Crippen LogP) is 3.05. The van der Waals surface area contributed by atoms with Gasteiger partial charge in [-0.25, -0.2) is 27.7 Å². The summed E-state index contributed by atoms with van der Waals surface area (Å²) in [4.78, 5) is 22.2. The third-order valence-corrected chi connectivity index (χ3v) is 10.4. The fraction of sp³-hybridized carbons (Fsp3) is 0.400. The second-order valence-electron chi connectivity index (χ2n) is 9.57. The number of hydrogen-bond acceptors (Lipinski definition) is 6. The number of nitrogens with zero attached hydrogens (tertiary/aromatic N) is 3. The first-order valence-electron chi connectivity index (χ1n) is 12.0. The van der Waals surface area contributed by atoms with Crippen LogP contribution in [0.2, 0.25) is 0 Å². The molecule has 3 aromatic heterocycles. The first kappa shape index (κ1) is 22.4. The lowest BCUT2D eigenvalue weighted by atomic mass is 9.74. The van der Waals surface area contributed by atoms with Crippen molar-refractivity contribution in [3.63, 3.8) is 0 Å². The first-order chi connectivity index (χ1) is 17.0. The molecule has 10 heteroatoms. The summed E-state index contributed by atoms with van der Waals surface area (Å²) in [5, 5.41) is 7.46. The molecule has 0 unspecified atom stereocenters. The molecule has 2 aliphatic rings. The molecular formula is C25H28N5O4S+. The van der Waals surface area contributed by atoms with E-state index in [9.17, 15) is 13.2 Å². The average molecular weight is 495 g/mol. The number of carbonyl (C=O) groups is 1. The zero-order valence-electron chi connectivity index (χ0n) is 19.3. The highest BCUT2D eigenvalue weighted by Crippen LogP contribution is 2.52. The van der Waals surface area contributed by atoms with Gasteiger partial charge in [0.05, 0.1) is 29.8 Å². The smallest absolute Gasteiger partial charge is 0.302 e. The molecule has 4 aromatic rings. The topological polar surface area (TPSA) is 118 Å². The number of benzene rings is 1. The van der Waals surface area contributed by atoms with Crippen LogP contribution in [-0.2, 0) is 24.9 Å². The van der Waals surface area contributed by atoms with Crippen LogP contribution in [0.3, 0.4) is 0 Å². The van der Waals surface area contributed by atoms with Crippen LogP contribution in [-0.4, -0.2) is 71.0 Å². The van der Waals surface area contributed by atoms with E-state index in [0.29, 0.717) is 44.8 Å². The van der Waals surface area contributed by atoms with Gasteiger partial charge in [0, 0.05) is 23.4 Å². The Balaban J connectivity index is 1.70. The van der Waals surface area contributed by atoms with Crippen LogP contribution < -0.4 is 0 Å². The van der Waals surface area contributed by atoms with Crippen molar-refractivity contribution in [1.82, 2.24) is 20.2 Å². The zero-order chi connectivity index (χ0) is 24.1. The van der Waals surface area contributed by atoms with Crippen molar-refractivity contribution in [2.75, 3.05) is 26.3 Å². The number of fused-ring (bicyclic) bond motifs is 3. The summed E-state index contributed by atoms with van der Waals surface area (Å²) < 4.78 is 34.4. The first-order valence-corrected chi connectivity index (χ1v) is 13.6. The molecule has 9 nitrogen and oxygen atoms in total. The molecule has 0 bridgehead atoms. The fourth-order valence-corrected chi connectivity index (χ4v) is 8.74. The Morgan fingerprint density at radius 1 is 1.06 bits per heavy atom. The number of carbonyl (C=O) groups excluding carboxylic acids is 1. The maximum atomic E-state index is 14.3. The van der Waals surface area contributed by atoms with Gasteiger partial charge in [0.2, 0.25) is 0 Å². The summed E-state index contributed by atoms with van der Waals surface area (Å²) in [6.45, 7) is 1.63. The van der Waals surface area contributed by atoms with Gasteiger partial charge in [-0.15, -0.1) is 0 Å². The van der Waals surface area contributed by atoms with Crippen molar-refractivity contribution in [3.05, 3.63) is 54.5 Å². The number of quaternary nitrogens is 1. The molecule has 2 N–H and O–H groups in total. The van der Waals surface area contributed by atoms with Crippen LogP contribution in [0.1, 0.15) is 31.4 Å². The van der Waals surface area contributed by atoms with Gasteiger partial charge in [-0.2, -0.15) is 0 Å². The Hall–Kier alpha value is -3.08. The molecule has 1 aliphatic heterocycles. The number of rotatable bonds is 5. The van der Waals surface area contributed by atoms with E-state index in [1.165, 1.54) is 0 Å². The number of aromatic nitrogens is 4. The molecule has 2 atom stereocenters. The van der Waals surface area contributed by atoms with Crippen LogP contribution in [0.4, 0.5) is 0 Å². The van der Waals surface area contributed by atoms with Crippen molar-refractivity contribution < 1.29 is 22.4 Å². The van der Waals surface area contributed by atoms with Crippen LogP contribution in [0.25, 0.3) is 21.9 Å². The normalized spacial score (nSPS) is 25.1. The minimum Gasteiger partial charge on any atom is -0.370 e. The number of H-pyrrole nitrogens is 2. The van der Waals surface area contributed by atoms with Crippen LogP contribution >= 0.6 is 0 Å². The van der Waals surface area contributed by atoms with Crippen molar-refractivity contribution in [3.8, 4) is 0 Å². The van der Waals surface area contributed by atoms with E-state index in [1.807, 2.05) is 12.1 Å². The van der Waals surface area contributed by atoms with E-state index in [1.54, 1.807) is 36.7 Å². The molecule has 1 aliphatic carbocycles. The highest BCUT2D eigenvalue weighted by atomic mass is 32.2. The Morgan fingerprint density at radius 2 is 1.86 bits per heavy atom. The SMILES string of the molecule is O=C[N+]1([C@@]2(c3[nH][nH]c4cnc5nccc5c34)CCCC[C@@H]2S(=O)(=O)c2ccccc2)CCOCC1. The second kappa shape index (κ2) is 8.25. The van der Waals surface area contributed by atoms with E-state index in [2.05, 4.69) is 20.2 Å². The number of nitrogens with one attached hydrogen (secondary N) is 2. The van der Waals surface area contributed by atoms with Gasteiger partial charge < -0.3 is 4.74 Å². The second-order valence-corrected chi connectivity index (χ2v) is 11.7. The lowest BCUT2D eigenvalue weighted by Gasteiger charge is -2.54. The lowest BCUT2D eigenvalue weighted by molar-refractivity contribution is -0.916. The third-order valence-electron chi connectivity index (χ3n) is 8.06. The van der Waals surface area contributed by atoms with E-state index in [0.717, 1.165) is 41.2 Å². The molecule has 35 heavy (non-hydrogen) atoms. The summed E-state index contributed by atoms with van der Waals surface area (Å²) >= 11 is 0. The van der Waals surface area contributed by atoms with Gasteiger partial charge in [0.25, 0.3) is 0 Å². The number of hydrogen-bond donors (Lipinski definition) is 2. The van der Waals surface area contributed by atoms with Crippen LogP contribution in [0.15, 0.2) is 53.7 Å². The van der Waals surface area contributed by atoms with Crippen molar-refractivity contribution in [2.24, 2.45) is 0 Å². The van der Waals surface area contributed by atoms with Crippen molar-refractivity contribution >= 4 is 38.2 Å². The number of aromatic amines is 2. The number of morpholine rings is 1. The monoisotopic (exact) mass is 494 g/mol. The van der Waals surface area contributed by atoms with E-state index in [-0.39, 0.29) is 9.38 Å². The molecule has 2 fully saturated rings. The maximum absolute atomic E-state index is 14.3. The number of sulfone groups is 1. The summed E-state index contributed by atoms with van der Waals surface area (Å²) in [6, 6.07) is 10.5. The molecule has 4 heterocycles. The summed E-state index contributed by atoms with van der Waals surface area (Å²) in [7, 11) is -3.78. The van der Waals surface area contributed by atoms with Gasteiger partial charge in [-0.05, 0) is 31.0 Å². The summed E-state index contributed by atoms with van der Waals surface area (Å²) in [5.74, 6) is 0. The average Bonchev–Trinajstić information content (AvgIpc) is 3.56. The quantitative estimate of drug-likeness (QED) is 0.325. The molecule has 0 radical (unpaired) electrons. The Kier molecular flexibility index (Phi) is 5.28. The molecular weight excluding hydrogens is 466 g/mol. The predicted molar refractivity (Wildman–Crippen MR) is 130 cm³/mol. The number of pyridine rings is 1. The van der Waals surface area contributed by atoms with Gasteiger partial charge in [0.1, 0.15) is 24.0 Å². The van der Waals surface area contributed by atoms with Gasteiger partial charge in [-0.3, -0.25) is 10.2 Å². The lowest BCUT2D eigenvalue weighted by Crippen LogP contribution is -2.71. The molecule has 6 rings (SSSR count). The highest BCUT2D eigenvalue weighted by molar-refractivity contribution is 7.92.